The van der Waals surface area contributed by atoms with Crippen molar-refractivity contribution in [2.75, 3.05) is 0 Å². The van der Waals surface area contributed by atoms with Gasteiger partial charge in [0.1, 0.15) is 0 Å². The fraction of sp³-hybridized carbons (Fsp3) is 0.545. The van der Waals surface area contributed by atoms with E-state index in [1.165, 1.54) is 11.3 Å². The number of hydrogen-bond donors (Lipinski definition) is 2. The van der Waals surface area contributed by atoms with Gasteiger partial charge in [0, 0.05) is 17.0 Å². The molecule has 0 aromatic rings. The molecule has 0 fully saturated rings. The van der Waals surface area contributed by atoms with E-state index in [0.29, 0.717) is 0 Å². The van der Waals surface area contributed by atoms with E-state index in [4.69, 9.17) is 5.26 Å². The smallest absolute Gasteiger partial charge is 0.369 e. The summed E-state index contributed by atoms with van der Waals surface area (Å²) < 4.78 is 0. The minimum Gasteiger partial charge on any atom is -0.413 e. The SMILES string of the molecule is CCB1NC(CC)=C(C)/C(=C(/C)C#N)N1. The standard InChI is InChI=1S/C11H18BN3/c1-5-10-9(4)11(8(3)7-13)15-12(6-2)14-10/h14-15H,5-6H2,1-4H3/b11-8+. The van der Waals surface area contributed by atoms with Crippen LogP contribution in [0, 0.1) is 11.3 Å². The van der Waals surface area contributed by atoms with Gasteiger partial charge in [-0.2, -0.15) is 5.26 Å². The normalized spacial score (nSPS) is 19.3. The summed E-state index contributed by atoms with van der Waals surface area (Å²) in [5.74, 6) is 0. The summed E-state index contributed by atoms with van der Waals surface area (Å²) in [4.78, 5) is 0. The molecule has 1 rings (SSSR count). The third kappa shape index (κ3) is 2.35. The molecule has 0 aromatic heterocycles. The van der Waals surface area contributed by atoms with Crippen molar-refractivity contribution >= 4 is 6.98 Å². The molecule has 0 amide bonds. The Hall–Kier alpha value is -1.37. The van der Waals surface area contributed by atoms with Crippen molar-refractivity contribution in [3.63, 3.8) is 0 Å². The zero-order chi connectivity index (χ0) is 11.4. The van der Waals surface area contributed by atoms with Gasteiger partial charge in [-0.05, 0) is 32.2 Å². The molecule has 15 heavy (non-hydrogen) atoms. The van der Waals surface area contributed by atoms with Gasteiger partial charge in [0.2, 0.25) is 0 Å². The molecule has 0 saturated heterocycles. The summed E-state index contributed by atoms with van der Waals surface area (Å²) in [5.41, 5.74) is 4.17. The number of nitrogens with zero attached hydrogens (tertiary/aromatic N) is 1. The molecule has 0 spiro atoms. The molecule has 0 unspecified atom stereocenters. The highest BCUT2D eigenvalue weighted by molar-refractivity contribution is 6.54. The molecule has 1 aliphatic heterocycles. The second-order valence-corrected chi connectivity index (χ2v) is 3.82. The first kappa shape index (κ1) is 11.7. The predicted octanol–water partition coefficient (Wildman–Crippen LogP) is 2.17. The summed E-state index contributed by atoms with van der Waals surface area (Å²) in [6, 6.07) is 2.21. The first-order valence-electron chi connectivity index (χ1n) is 5.48. The minimum atomic E-state index is 0.252. The van der Waals surface area contributed by atoms with Crippen LogP contribution in [-0.4, -0.2) is 6.98 Å². The highest BCUT2D eigenvalue weighted by Gasteiger charge is 2.23. The Labute approximate surface area is 92.4 Å². The molecular formula is C11H18BN3. The van der Waals surface area contributed by atoms with Crippen LogP contribution in [0.25, 0.3) is 0 Å². The highest BCUT2D eigenvalue weighted by atomic mass is 15.0. The van der Waals surface area contributed by atoms with Crippen molar-refractivity contribution in [2.45, 2.75) is 40.4 Å². The van der Waals surface area contributed by atoms with E-state index in [1.807, 2.05) is 6.92 Å². The Morgan fingerprint density at radius 3 is 2.53 bits per heavy atom. The fourth-order valence-electron chi connectivity index (χ4n) is 1.80. The molecule has 1 heterocycles. The molecule has 3 nitrogen and oxygen atoms in total. The second kappa shape index (κ2) is 4.93. The summed E-state index contributed by atoms with van der Waals surface area (Å²) in [6.07, 6.45) is 1.98. The maximum Gasteiger partial charge on any atom is 0.369 e. The third-order valence-electron chi connectivity index (χ3n) is 2.80. The maximum atomic E-state index is 8.93. The number of allylic oxidation sites excluding steroid dienone is 3. The lowest BCUT2D eigenvalue weighted by Crippen LogP contribution is -2.50. The Bertz CT molecular complexity index is 349. The van der Waals surface area contributed by atoms with E-state index in [-0.39, 0.29) is 6.98 Å². The number of nitriles is 1. The van der Waals surface area contributed by atoms with Crippen molar-refractivity contribution in [1.82, 2.24) is 10.5 Å². The van der Waals surface area contributed by atoms with E-state index >= 15 is 0 Å². The van der Waals surface area contributed by atoms with Crippen LogP contribution >= 0.6 is 0 Å². The summed E-state index contributed by atoms with van der Waals surface area (Å²) >= 11 is 0. The summed E-state index contributed by atoms with van der Waals surface area (Å²) in [7, 11) is 0. The van der Waals surface area contributed by atoms with Crippen LogP contribution in [0.2, 0.25) is 6.32 Å². The number of rotatable bonds is 2. The summed E-state index contributed by atoms with van der Waals surface area (Å²) in [5, 5.41) is 15.7. The fourth-order valence-corrected chi connectivity index (χ4v) is 1.80. The van der Waals surface area contributed by atoms with Crippen LogP contribution in [0.15, 0.2) is 22.5 Å². The zero-order valence-corrected chi connectivity index (χ0v) is 9.94. The topological polar surface area (TPSA) is 47.9 Å². The molecule has 0 saturated carbocycles. The third-order valence-corrected chi connectivity index (χ3v) is 2.80. The Balaban J connectivity index is 3.13. The predicted molar refractivity (Wildman–Crippen MR) is 63.8 cm³/mol. The van der Waals surface area contributed by atoms with Crippen molar-refractivity contribution in [2.24, 2.45) is 0 Å². The lowest BCUT2D eigenvalue weighted by atomic mass is 9.70. The molecule has 4 heteroatoms. The van der Waals surface area contributed by atoms with Crippen molar-refractivity contribution in [3.8, 4) is 6.07 Å². The van der Waals surface area contributed by atoms with Gasteiger partial charge < -0.3 is 10.5 Å². The van der Waals surface area contributed by atoms with E-state index in [2.05, 4.69) is 37.3 Å². The Morgan fingerprint density at radius 2 is 2.07 bits per heavy atom. The lowest BCUT2D eigenvalue weighted by molar-refractivity contribution is 0.874. The van der Waals surface area contributed by atoms with Gasteiger partial charge in [-0.3, -0.25) is 0 Å². The molecule has 0 aliphatic carbocycles. The van der Waals surface area contributed by atoms with Gasteiger partial charge in [-0.25, -0.2) is 0 Å². The van der Waals surface area contributed by atoms with Crippen LogP contribution in [-0.2, 0) is 0 Å². The molecule has 0 aromatic carbocycles. The average molecular weight is 203 g/mol. The summed E-state index contributed by atoms with van der Waals surface area (Å²) in [6.45, 7) is 8.42. The molecule has 80 valence electrons. The minimum absolute atomic E-state index is 0.252. The van der Waals surface area contributed by atoms with Gasteiger partial charge in [0.25, 0.3) is 0 Å². The average Bonchev–Trinajstić information content (AvgIpc) is 2.28. The van der Waals surface area contributed by atoms with Crippen molar-refractivity contribution < 1.29 is 0 Å². The monoisotopic (exact) mass is 203 g/mol. The molecule has 0 radical (unpaired) electrons. The van der Waals surface area contributed by atoms with E-state index < -0.39 is 0 Å². The molecule has 1 aliphatic rings. The van der Waals surface area contributed by atoms with Crippen molar-refractivity contribution in [3.05, 3.63) is 22.5 Å². The molecule has 2 N–H and O–H groups in total. The largest absolute Gasteiger partial charge is 0.413 e. The quantitative estimate of drug-likeness (QED) is 0.534. The van der Waals surface area contributed by atoms with Crippen LogP contribution in [0.5, 0.6) is 0 Å². The van der Waals surface area contributed by atoms with Crippen LogP contribution in [0.3, 0.4) is 0 Å². The highest BCUT2D eigenvalue weighted by Crippen LogP contribution is 2.20. The van der Waals surface area contributed by atoms with Gasteiger partial charge in [-0.15, -0.1) is 0 Å². The number of hydrogen-bond acceptors (Lipinski definition) is 3. The van der Waals surface area contributed by atoms with Gasteiger partial charge >= 0.3 is 6.98 Å². The van der Waals surface area contributed by atoms with E-state index in [1.54, 1.807) is 0 Å². The molecule has 0 bridgehead atoms. The van der Waals surface area contributed by atoms with Crippen LogP contribution in [0.4, 0.5) is 0 Å². The second-order valence-electron chi connectivity index (χ2n) is 3.82. The van der Waals surface area contributed by atoms with Gasteiger partial charge in [-0.1, -0.05) is 13.8 Å². The van der Waals surface area contributed by atoms with Gasteiger partial charge in [0.15, 0.2) is 0 Å². The molecular weight excluding hydrogens is 185 g/mol. The first-order valence-corrected chi connectivity index (χ1v) is 5.48. The lowest BCUT2D eigenvalue weighted by Gasteiger charge is -2.29. The van der Waals surface area contributed by atoms with Crippen LogP contribution in [0.1, 0.15) is 34.1 Å². The number of nitrogens with one attached hydrogen (secondary N) is 2. The zero-order valence-electron chi connectivity index (χ0n) is 9.94. The Kier molecular flexibility index (Phi) is 3.84. The molecule has 0 atom stereocenters. The van der Waals surface area contributed by atoms with Crippen LogP contribution < -0.4 is 10.5 Å². The van der Waals surface area contributed by atoms with E-state index in [9.17, 15) is 0 Å². The first-order chi connectivity index (χ1) is 7.13. The van der Waals surface area contributed by atoms with Crippen molar-refractivity contribution in [1.29, 1.82) is 5.26 Å². The van der Waals surface area contributed by atoms with Gasteiger partial charge in [0.05, 0.1) is 6.07 Å². The Morgan fingerprint density at radius 1 is 1.40 bits per heavy atom. The maximum absolute atomic E-state index is 8.93. The van der Waals surface area contributed by atoms with E-state index in [0.717, 1.165) is 24.0 Å².